The Hall–Kier alpha value is -4.45. The van der Waals surface area contributed by atoms with Gasteiger partial charge in [-0.1, -0.05) is 36.4 Å². The number of hydrogen-bond donors (Lipinski definition) is 1. The first-order valence-corrected chi connectivity index (χ1v) is 10.1. The number of aromatic nitrogens is 2. The Bertz CT molecular complexity index is 1330. The minimum absolute atomic E-state index is 0.212. The average molecular weight is 421 g/mol. The minimum atomic E-state index is -0.212. The van der Waals surface area contributed by atoms with Gasteiger partial charge in [0.25, 0.3) is 5.91 Å². The lowest BCUT2D eigenvalue weighted by Crippen LogP contribution is -2.11. The van der Waals surface area contributed by atoms with Crippen LogP contribution in [-0.2, 0) is 6.61 Å². The summed E-state index contributed by atoms with van der Waals surface area (Å²) >= 11 is 0. The van der Waals surface area contributed by atoms with Gasteiger partial charge in [0.1, 0.15) is 12.4 Å². The number of rotatable bonds is 6. The predicted octanol–water partition coefficient (Wildman–Crippen LogP) is 5.72. The van der Waals surface area contributed by atoms with Crippen LogP contribution in [0.3, 0.4) is 0 Å². The quantitative estimate of drug-likeness (QED) is 0.379. The monoisotopic (exact) mass is 421 g/mol. The van der Waals surface area contributed by atoms with Crippen molar-refractivity contribution in [2.75, 3.05) is 5.32 Å². The summed E-state index contributed by atoms with van der Waals surface area (Å²) in [4.78, 5) is 21.3. The third kappa shape index (κ3) is 4.34. The van der Waals surface area contributed by atoms with Gasteiger partial charge in [0.2, 0.25) is 5.89 Å². The number of oxazole rings is 1. The molecule has 1 N–H and O–H groups in total. The number of anilines is 1. The Balaban J connectivity index is 1.26. The van der Waals surface area contributed by atoms with E-state index >= 15 is 0 Å². The SMILES string of the molecule is O=C(Nc1cccc(-c2nc3ncccc3o2)c1)c1ccc(OCc2ccccc2)cc1. The summed E-state index contributed by atoms with van der Waals surface area (Å²) in [7, 11) is 0. The molecule has 2 aromatic heterocycles. The van der Waals surface area contributed by atoms with E-state index in [-0.39, 0.29) is 5.91 Å². The molecule has 32 heavy (non-hydrogen) atoms. The molecule has 5 rings (SSSR count). The van der Waals surface area contributed by atoms with Gasteiger partial charge in [-0.05, 0) is 60.2 Å². The Kier molecular flexibility index (Phi) is 5.32. The van der Waals surface area contributed by atoms with Crippen molar-refractivity contribution < 1.29 is 13.9 Å². The Labute approximate surface area is 184 Å². The largest absolute Gasteiger partial charge is 0.489 e. The van der Waals surface area contributed by atoms with Gasteiger partial charge in [-0.15, -0.1) is 0 Å². The number of carbonyl (C=O) groups is 1. The zero-order valence-electron chi connectivity index (χ0n) is 17.1. The van der Waals surface area contributed by atoms with Gasteiger partial charge in [-0.2, -0.15) is 4.98 Å². The van der Waals surface area contributed by atoms with Crippen LogP contribution in [0.4, 0.5) is 5.69 Å². The zero-order chi connectivity index (χ0) is 21.8. The van der Waals surface area contributed by atoms with Crippen LogP contribution in [0.1, 0.15) is 15.9 Å². The minimum Gasteiger partial charge on any atom is -0.489 e. The van der Waals surface area contributed by atoms with Crippen molar-refractivity contribution in [1.29, 1.82) is 0 Å². The molecule has 156 valence electrons. The first-order chi connectivity index (χ1) is 15.7. The Morgan fingerprint density at radius 3 is 2.56 bits per heavy atom. The third-order valence-corrected chi connectivity index (χ3v) is 4.90. The molecule has 0 bridgehead atoms. The molecule has 5 aromatic rings. The van der Waals surface area contributed by atoms with E-state index in [1.807, 2.05) is 60.7 Å². The second-order valence-electron chi connectivity index (χ2n) is 7.18. The summed E-state index contributed by atoms with van der Waals surface area (Å²) in [5.74, 6) is 0.947. The van der Waals surface area contributed by atoms with Crippen LogP contribution < -0.4 is 10.1 Å². The van der Waals surface area contributed by atoms with Crippen molar-refractivity contribution in [2.24, 2.45) is 0 Å². The van der Waals surface area contributed by atoms with Gasteiger partial charge in [0.15, 0.2) is 11.2 Å². The summed E-state index contributed by atoms with van der Waals surface area (Å²) in [6.07, 6.45) is 1.67. The van der Waals surface area contributed by atoms with E-state index in [9.17, 15) is 4.79 Å². The molecule has 0 saturated heterocycles. The maximum absolute atomic E-state index is 12.7. The molecule has 0 aliphatic rings. The molecule has 6 nitrogen and oxygen atoms in total. The van der Waals surface area contributed by atoms with Gasteiger partial charge < -0.3 is 14.5 Å². The summed E-state index contributed by atoms with van der Waals surface area (Å²) in [5.41, 5.74) is 4.19. The fraction of sp³-hybridized carbons (Fsp3) is 0.0385. The molecule has 3 aromatic carbocycles. The first kappa shape index (κ1) is 19.5. The van der Waals surface area contributed by atoms with E-state index in [0.29, 0.717) is 40.7 Å². The predicted molar refractivity (Wildman–Crippen MR) is 122 cm³/mol. The molecule has 1 amide bonds. The number of pyridine rings is 1. The van der Waals surface area contributed by atoms with Crippen LogP contribution in [0.5, 0.6) is 5.75 Å². The molecular formula is C26H19N3O3. The summed E-state index contributed by atoms with van der Waals surface area (Å²) in [6.45, 7) is 0.477. The summed E-state index contributed by atoms with van der Waals surface area (Å²) in [5, 5.41) is 2.91. The Morgan fingerprint density at radius 2 is 1.75 bits per heavy atom. The molecule has 0 saturated carbocycles. The maximum atomic E-state index is 12.7. The van der Waals surface area contributed by atoms with E-state index in [2.05, 4.69) is 15.3 Å². The van der Waals surface area contributed by atoms with Crippen LogP contribution in [0.25, 0.3) is 22.7 Å². The molecule has 0 unspecified atom stereocenters. The molecule has 0 fully saturated rings. The fourth-order valence-electron chi connectivity index (χ4n) is 3.27. The lowest BCUT2D eigenvalue weighted by molar-refractivity contribution is 0.102. The second kappa shape index (κ2) is 8.73. The van der Waals surface area contributed by atoms with Gasteiger partial charge in [0, 0.05) is 23.0 Å². The molecule has 0 aliphatic carbocycles. The third-order valence-electron chi connectivity index (χ3n) is 4.90. The van der Waals surface area contributed by atoms with Crippen LogP contribution in [0, 0.1) is 0 Å². The summed E-state index contributed by atoms with van der Waals surface area (Å²) < 4.78 is 11.5. The molecular weight excluding hydrogens is 402 g/mol. The van der Waals surface area contributed by atoms with Gasteiger partial charge >= 0.3 is 0 Å². The molecule has 0 radical (unpaired) electrons. The highest BCUT2D eigenvalue weighted by atomic mass is 16.5. The first-order valence-electron chi connectivity index (χ1n) is 10.1. The van der Waals surface area contributed by atoms with Crippen molar-refractivity contribution in [3.63, 3.8) is 0 Å². The average Bonchev–Trinajstić information content (AvgIpc) is 3.28. The highest BCUT2D eigenvalue weighted by Gasteiger charge is 2.11. The highest BCUT2D eigenvalue weighted by Crippen LogP contribution is 2.25. The van der Waals surface area contributed by atoms with Crippen molar-refractivity contribution in [1.82, 2.24) is 9.97 Å². The van der Waals surface area contributed by atoms with Gasteiger partial charge in [-0.25, -0.2) is 4.98 Å². The Morgan fingerprint density at radius 1 is 0.906 bits per heavy atom. The second-order valence-corrected chi connectivity index (χ2v) is 7.18. The van der Waals surface area contributed by atoms with Crippen molar-refractivity contribution in [3.8, 4) is 17.2 Å². The van der Waals surface area contributed by atoms with E-state index < -0.39 is 0 Å². The molecule has 2 heterocycles. The van der Waals surface area contributed by atoms with E-state index in [1.54, 1.807) is 36.5 Å². The molecule has 6 heteroatoms. The number of fused-ring (bicyclic) bond motifs is 1. The van der Waals surface area contributed by atoms with Crippen molar-refractivity contribution in [3.05, 3.63) is 108 Å². The number of hydrogen-bond acceptors (Lipinski definition) is 5. The number of carbonyl (C=O) groups excluding carboxylic acids is 1. The molecule has 0 aliphatic heterocycles. The van der Waals surface area contributed by atoms with E-state index in [0.717, 1.165) is 11.1 Å². The van der Waals surface area contributed by atoms with Crippen LogP contribution >= 0.6 is 0 Å². The molecule has 0 spiro atoms. The lowest BCUT2D eigenvalue weighted by Gasteiger charge is -2.09. The van der Waals surface area contributed by atoms with Crippen molar-refractivity contribution >= 4 is 22.8 Å². The van der Waals surface area contributed by atoms with Crippen LogP contribution in [0.2, 0.25) is 0 Å². The number of benzene rings is 3. The van der Waals surface area contributed by atoms with E-state index in [1.165, 1.54) is 0 Å². The number of nitrogens with zero attached hydrogens (tertiary/aromatic N) is 2. The highest BCUT2D eigenvalue weighted by molar-refractivity contribution is 6.04. The van der Waals surface area contributed by atoms with Crippen LogP contribution in [0.15, 0.2) is 102 Å². The van der Waals surface area contributed by atoms with Crippen molar-refractivity contribution in [2.45, 2.75) is 6.61 Å². The van der Waals surface area contributed by atoms with Gasteiger partial charge in [0.05, 0.1) is 0 Å². The smallest absolute Gasteiger partial charge is 0.255 e. The van der Waals surface area contributed by atoms with E-state index in [4.69, 9.17) is 9.15 Å². The lowest BCUT2D eigenvalue weighted by atomic mass is 10.1. The number of ether oxygens (including phenoxy) is 1. The zero-order valence-corrected chi connectivity index (χ0v) is 17.1. The molecule has 0 atom stereocenters. The topological polar surface area (TPSA) is 77.3 Å². The number of nitrogens with one attached hydrogen (secondary N) is 1. The fourth-order valence-corrected chi connectivity index (χ4v) is 3.27. The summed E-state index contributed by atoms with van der Waals surface area (Å²) in [6, 6.07) is 28.0. The standard InChI is InChI=1S/C26H19N3O3/c30-25(19-11-13-22(14-12-19)31-17-18-6-2-1-3-7-18)28-21-9-4-8-20(16-21)26-29-24-23(32-26)10-5-15-27-24/h1-16H,17H2,(H,28,30). The normalized spacial score (nSPS) is 10.8. The van der Waals surface area contributed by atoms with Crippen LogP contribution in [-0.4, -0.2) is 15.9 Å². The maximum Gasteiger partial charge on any atom is 0.255 e. The number of amides is 1. The van der Waals surface area contributed by atoms with Gasteiger partial charge in [-0.3, -0.25) is 4.79 Å².